The van der Waals surface area contributed by atoms with Crippen LogP contribution < -0.4 is 0 Å². The molecule has 1 N–H and O–H groups in total. The predicted octanol–water partition coefficient (Wildman–Crippen LogP) is 5.02. The first-order valence-electron chi connectivity index (χ1n) is 9.58. The average molecular weight is 477 g/mol. The lowest BCUT2D eigenvalue weighted by molar-refractivity contribution is -0.155. The molecule has 1 aliphatic rings. The van der Waals surface area contributed by atoms with Gasteiger partial charge in [-0.3, -0.25) is 4.79 Å². The second-order valence-electron chi connectivity index (χ2n) is 8.91. The second kappa shape index (κ2) is 9.04. The summed E-state index contributed by atoms with van der Waals surface area (Å²) >= 11 is 2.28. The van der Waals surface area contributed by atoms with Crippen LogP contribution in [-0.2, 0) is 9.53 Å². The van der Waals surface area contributed by atoms with Crippen molar-refractivity contribution in [2.45, 2.75) is 84.2 Å². The Hall–Kier alpha value is -0.630. The van der Waals surface area contributed by atoms with Crippen molar-refractivity contribution in [2.24, 2.45) is 11.8 Å². The molecule has 0 amide bonds. The molecule has 26 heavy (non-hydrogen) atoms. The van der Waals surface area contributed by atoms with Crippen molar-refractivity contribution >= 4 is 28.6 Å². The van der Waals surface area contributed by atoms with Gasteiger partial charge in [0, 0.05) is 18.4 Å². The molecule has 2 rings (SSSR count). The summed E-state index contributed by atoms with van der Waals surface area (Å²) in [6.45, 7) is 10.1. The van der Waals surface area contributed by atoms with Gasteiger partial charge in [0.25, 0.3) is 0 Å². The van der Waals surface area contributed by atoms with E-state index in [1.165, 1.54) is 6.42 Å². The monoisotopic (exact) mass is 477 g/mol. The Bertz CT molecular complexity index is 599. The van der Waals surface area contributed by atoms with E-state index in [1.807, 2.05) is 20.8 Å². The van der Waals surface area contributed by atoms with Gasteiger partial charge in [0.1, 0.15) is 11.3 Å². The molecule has 1 heterocycles. The molecule has 0 saturated heterocycles. The van der Waals surface area contributed by atoms with Crippen LogP contribution in [0, 0.1) is 15.4 Å². The molecule has 1 fully saturated rings. The number of aromatic nitrogens is 1. The number of carbonyl (C=O) groups excluding carboxylic acids is 1. The van der Waals surface area contributed by atoms with Gasteiger partial charge in [-0.25, -0.2) is 0 Å². The highest BCUT2D eigenvalue weighted by atomic mass is 127. The summed E-state index contributed by atoms with van der Waals surface area (Å²) in [5.74, 6) is 2.45. The van der Waals surface area contributed by atoms with Crippen LogP contribution in [0.5, 0.6) is 0 Å². The summed E-state index contributed by atoms with van der Waals surface area (Å²) in [4.78, 5) is 12.2. The normalized spacial score (nSPS) is 21.5. The van der Waals surface area contributed by atoms with Crippen LogP contribution in [0.4, 0.5) is 0 Å². The number of aliphatic hydroxyl groups is 1. The fourth-order valence-corrected chi connectivity index (χ4v) is 4.77. The van der Waals surface area contributed by atoms with E-state index in [0.717, 1.165) is 39.7 Å². The molecule has 1 aliphatic carbocycles. The van der Waals surface area contributed by atoms with Crippen molar-refractivity contribution in [1.29, 1.82) is 0 Å². The molecule has 0 aliphatic heterocycles. The van der Waals surface area contributed by atoms with E-state index in [-0.39, 0.29) is 24.9 Å². The number of nitrogens with zero attached hydrogens (tertiary/aromatic N) is 1. The molecule has 1 aromatic heterocycles. The number of hydrogen-bond donors (Lipinski definition) is 1. The second-order valence-corrected chi connectivity index (χ2v) is 9.99. The van der Waals surface area contributed by atoms with E-state index in [2.05, 4.69) is 41.6 Å². The first-order chi connectivity index (χ1) is 12.1. The van der Waals surface area contributed by atoms with Crippen LogP contribution in [0.3, 0.4) is 0 Å². The molecule has 1 atom stereocenters. The van der Waals surface area contributed by atoms with Crippen molar-refractivity contribution < 1.29 is 19.2 Å². The Labute approximate surface area is 170 Å². The number of ether oxygens (including phenoxy) is 1. The SMILES string of the molecule is CC(C)CC1CC(c2onc(C(CCO)CC(=O)OC(C)(C)C)c2I)C1. The average Bonchev–Trinajstić information content (AvgIpc) is 2.81. The Balaban J connectivity index is 2.04. The minimum Gasteiger partial charge on any atom is -0.460 e. The zero-order valence-corrected chi connectivity index (χ0v) is 18.7. The van der Waals surface area contributed by atoms with Gasteiger partial charge in [0.05, 0.1) is 9.99 Å². The molecule has 0 radical (unpaired) electrons. The van der Waals surface area contributed by atoms with Crippen molar-refractivity contribution in [2.75, 3.05) is 6.61 Å². The third kappa shape index (κ3) is 5.94. The first kappa shape index (κ1) is 21.7. The molecular weight excluding hydrogens is 445 g/mol. The lowest BCUT2D eigenvalue weighted by atomic mass is 9.70. The highest BCUT2D eigenvalue weighted by molar-refractivity contribution is 14.1. The maximum Gasteiger partial charge on any atom is 0.306 e. The molecule has 1 aromatic rings. The van der Waals surface area contributed by atoms with Gasteiger partial charge >= 0.3 is 5.97 Å². The standard InChI is InChI=1S/C20H32INO4/c1-12(2)8-13-9-15(10-13)19-17(21)18(22-26-19)14(6-7-23)11-16(24)25-20(3,4)5/h12-15,23H,6-11H2,1-5H3. The lowest BCUT2D eigenvalue weighted by Crippen LogP contribution is -2.25. The summed E-state index contributed by atoms with van der Waals surface area (Å²) < 4.78 is 12.1. The maximum absolute atomic E-state index is 12.2. The van der Waals surface area contributed by atoms with Crippen LogP contribution in [0.25, 0.3) is 0 Å². The van der Waals surface area contributed by atoms with Gasteiger partial charge in [-0.05, 0) is 80.9 Å². The Morgan fingerprint density at radius 2 is 2.04 bits per heavy atom. The molecule has 1 unspecified atom stereocenters. The topological polar surface area (TPSA) is 72.6 Å². The molecule has 0 bridgehead atoms. The van der Waals surface area contributed by atoms with E-state index in [4.69, 9.17) is 9.26 Å². The van der Waals surface area contributed by atoms with E-state index >= 15 is 0 Å². The highest BCUT2D eigenvalue weighted by Crippen LogP contribution is 2.47. The quantitative estimate of drug-likeness (QED) is 0.421. The smallest absolute Gasteiger partial charge is 0.306 e. The van der Waals surface area contributed by atoms with E-state index in [1.54, 1.807) is 0 Å². The molecule has 5 nitrogen and oxygen atoms in total. The molecule has 6 heteroatoms. The number of halogens is 1. The molecule has 0 spiro atoms. The third-order valence-corrected chi connectivity index (χ3v) is 5.88. The number of rotatable bonds is 8. The van der Waals surface area contributed by atoms with Gasteiger partial charge in [-0.2, -0.15) is 0 Å². The van der Waals surface area contributed by atoms with Crippen LogP contribution in [0.15, 0.2) is 4.52 Å². The Morgan fingerprint density at radius 3 is 2.58 bits per heavy atom. The van der Waals surface area contributed by atoms with Gasteiger partial charge < -0.3 is 14.4 Å². The third-order valence-electron chi connectivity index (χ3n) is 4.79. The van der Waals surface area contributed by atoms with Gasteiger partial charge in [0.15, 0.2) is 5.76 Å². The van der Waals surface area contributed by atoms with E-state index < -0.39 is 5.60 Å². The van der Waals surface area contributed by atoms with Gasteiger partial charge in [-0.1, -0.05) is 19.0 Å². The number of carbonyl (C=O) groups is 1. The Morgan fingerprint density at radius 1 is 1.38 bits per heavy atom. The van der Waals surface area contributed by atoms with Crippen molar-refractivity contribution in [3.05, 3.63) is 15.0 Å². The van der Waals surface area contributed by atoms with Crippen LogP contribution in [-0.4, -0.2) is 28.4 Å². The van der Waals surface area contributed by atoms with E-state index in [9.17, 15) is 9.90 Å². The van der Waals surface area contributed by atoms with Crippen LogP contribution in [0.2, 0.25) is 0 Å². The van der Waals surface area contributed by atoms with Crippen LogP contribution >= 0.6 is 22.6 Å². The largest absolute Gasteiger partial charge is 0.460 e. The Kier molecular flexibility index (Phi) is 7.53. The number of aliphatic hydroxyl groups excluding tert-OH is 1. The zero-order valence-electron chi connectivity index (χ0n) is 16.5. The minimum atomic E-state index is -0.514. The predicted molar refractivity (Wildman–Crippen MR) is 109 cm³/mol. The summed E-state index contributed by atoms with van der Waals surface area (Å²) in [6.07, 6.45) is 4.25. The minimum absolute atomic E-state index is 0.00558. The lowest BCUT2D eigenvalue weighted by Gasteiger charge is -2.35. The first-order valence-corrected chi connectivity index (χ1v) is 10.7. The number of esters is 1. The molecular formula is C20H32INO4. The van der Waals surface area contributed by atoms with Crippen LogP contribution in [0.1, 0.15) is 90.0 Å². The zero-order chi connectivity index (χ0) is 19.5. The summed E-state index contributed by atoms with van der Waals surface area (Å²) in [7, 11) is 0. The van der Waals surface area contributed by atoms with Gasteiger partial charge in [0.2, 0.25) is 0 Å². The maximum atomic E-state index is 12.2. The molecule has 1 saturated carbocycles. The highest BCUT2D eigenvalue weighted by Gasteiger charge is 2.36. The van der Waals surface area contributed by atoms with E-state index in [0.29, 0.717) is 12.3 Å². The fourth-order valence-electron chi connectivity index (χ4n) is 3.70. The summed E-state index contributed by atoms with van der Waals surface area (Å²) in [5.41, 5.74) is 0.271. The van der Waals surface area contributed by atoms with Crippen molar-refractivity contribution in [3.8, 4) is 0 Å². The summed E-state index contributed by atoms with van der Waals surface area (Å²) in [5, 5.41) is 13.7. The fraction of sp³-hybridized carbons (Fsp3) is 0.800. The summed E-state index contributed by atoms with van der Waals surface area (Å²) in [6, 6.07) is 0. The van der Waals surface area contributed by atoms with Gasteiger partial charge in [-0.15, -0.1) is 0 Å². The van der Waals surface area contributed by atoms with Crippen molar-refractivity contribution in [1.82, 2.24) is 5.16 Å². The molecule has 148 valence electrons. The number of hydrogen-bond acceptors (Lipinski definition) is 5. The van der Waals surface area contributed by atoms with Crippen molar-refractivity contribution in [3.63, 3.8) is 0 Å². The molecule has 0 aromatic carbocycles.